The summed E-state index contributed by atoms with van der Waals surface area (Å²) in [7, 11) is 0. The molecule has 2 rings (SSSR count). The van der Waals surface area contributed by atoms with Crippen molar-refractivity contribution >= 4 is 33.2 Å². The van der Waals surface area contributed by atoms with Crippen LogP contribution in [0.3, 0.4) is 0 Å². The van der Waals surface area contributed by atoms with E-state index in [9.17, 15) is 9.18 Å². The number of hydrogen-bond acceptors (Lipinski definition) is 2. The van der Waals surface area contributed by atoms with E-state index in [1.807, 2.05) is 23.1 Å². The molecule has 0 radical (unpaired) electrons. The molecule has 92 valence electrons. The van der Waals surface area contributed by atoms with Gasteiger partial charge in [-0.25, -0.2) is 4.39 Å². The van der Waals surface area contributed by atoms with E-state index in [0.29, 0.717) is 19.5 Å². The van der Waals surface area contributed by atoms with Crippen molar-refractivity contribution in [1.82, 2.24) is 0 Å². The molecule has 0 aliphatic carbocycles. The average Bonchev–Trinajstić information content (AvgIpc) is 2.24. The lowest BCUT2D eigenvalue weighted by atomic mass is 10.1. The van der Waals surface area contributed by atoms with Crippen LogP contribution < -0.4 is 10.2 Å². The maximum absolute atomic E-state index is 12.9. The predicted molar refractivity (Wildman–Crippen MR) is 70.2 cm³/mol. The van der Waals surface area contributed by atoms with Gasteiger partial charge in [-0.1, -0.05) is 15.9 Å². The Morgan fingerprint density at radius 3 is 3.06 bits per heavy atom. The summed E-state index contributed by atoms with van der Waals surface area (Å²) in [6.45, 7) is 2.38. The van der Waals surface area contributed by atoms with Gasteiger partial charge in [0, 0.05) is 11.0 Å². The Hall–Kier alpha value is -1.10. The molecule has 1 heterocycles. The van der Waals surface area contributed by atoms with E-state index in [2.05, 4.69) is 21.2 Å². The van der Waals surface area contributed by atoms with Gasteiger partial charge >= 0.3 is 0 Å². The maximum atomic E-state index is 12.9. The first-order chi connectivity index (χ1) is 8.06. The summed E-state index contributed by atoms with van der Waals surface area (Å²) in [5, 5.41) is 2.81. The molecule has 0 saturated carbocycles. The molecular formula is C12H14BrFN2O. The molecule has 0 bridgehead atoms. The molecule has 1 aliphatic heterocycles. The summed E-state index contributed by atoms with van der Waals surface area (Å²) >= 11 is 3.36. The maximum Gasteiger partial charge on any atom is 0.243 e. The van der Waals surface area contributed by atoms with Gasteiger partial charge in [0.15, 0.2) is 0 Å². The number of carbonyl (C=O) groups is 1. The molecule has 17 heavy (non-hydrogen) atoms. The first-order valence-electron chi connectivity index (χ1n) is 5.54. The van der Waals surface area contributed by atoms with Gasteiger partial charge in [-0.15, -0.1) is 0 Å². The van der Waals surface area contributed by atoms with Crippen LogP contribution in [0.15, 0.2) is 22.7 Å². The monoisotopic (exact) mass is 300 g/mol. The first-order valence-corrected chi connectivity index (χ1v) is 6.34. The van der Waals surface area contributed by atoms with Crippen LogP contribution in [0, 0.1) is 0 Å². The second-order valence-electron chi connectivity index (χ2n) is 4.20. The molecule has 0 aromatic heterocycles. The summed E-state index contributed by atoms with van der Waals surface area (Å²) in [6.07, 6.45) is -0.415. The number of rotatable bonds is 3. The van der Waals surface area contributed by atoms with Gasteiger partial charge in [-0.05, 0) is 31.5 Å². The molecule has 0 fully saturated rings. The van der Waals surface area contributed by atoms with Crippen molar-refractivity contribution < 1.29 is 9.18 Å². The van der Waals surface area contributed by atoms with Crippen molar-refractivity contribution in [1.29, 1.82) is 0 Å². The smallest absolute Gasteiger partial charge is 0.243 e. The number of anilines is 2. The van der Waals surface area contributed by atoms with Crippen LogP contribution in [-0.4, -0.2) is 25.2 Å². The molecule has 1 aromatic rings. The van der Waals surface area contributed by atoms with Crippen LogP contribution >= 0.6 is 15.9 Å². The van der Waals surface area contributed by atoms with Gasteiger partial charge in [-0.3, -0.25) is 4.79 Å². The highest BCUT2D eigenvalue weighted by atomic mass is 79.9. The zero-order valence-electron chi connectivity index (χ0n) is 9.54. The number of fused-ring (bicyclic) bond motifs is 1. The molecule has 1 aliphatic rings. The van der Waals surface area contributed by atoms with Gasteiger partial charge in [-0.2, -0.15) is 0 Å². The predicted octanol–water partition coefficient (Wildman–Crippen LogP) is 2.96. The van der Waals surface area contributed by atoms with E-state index >= 15 is 0 Å². The minimum Gasteiger partial charge on any atom is -0.360 e. The summed E-state index contributed by atoms with van der Waals surface area (Å²) < 4.78 is 13.8. The first kappa shape index (κ1) is 12.4. The molecule has 1 atom stereocenters. The zero-order valence-corrected chi connectivity index (χ0v) is 11.1. The molecule has 0 saturated heterocycles. The largest absolute Gasteiger partial charge is 0.360 e. The number of nitrogens with zero attached hydrogens (tertiary/aromatic N) is 1. The number of alkyl halides is 1. The fourth-order valence-corrected chi connectivity index (χ4v) is 2.23. The van der Waals surface area contributed by atoms with Gasteiger partial charge in [0.2, 0.25) is 5.91 Å². The molecule has 1 unspecified atom stereocenters. The van der Waals surface area contributed by atoms with Gasteiger partial charge in [0.1, 0.15) is 0 Å². The van der Waals surface area contributed by atoms with Crippen LogP contribution in [0.25, 0.3) is 0 Å². The van der Waals surface area contributed by atoms with Crippen LogP contribution in [0.5, 0.6) is 0 Å². The summed E-state index contributed by atoms with van der Waals surface area (Å²) in [5.41, 5.74) is 1.73. The van der Waals surface area contributed by atoms with Crippen molar-refractivity contribution in [2.75, 3.05) is 23.3 Å². The molecule has 1 amide bonds. The Morgan fingerprint density at radius 1 is 1.59 bits per heavy atom. The topological polar surface area (TPSA) is 32.3 Å². The Labute approximate surface area is 108 Å². The van der Waals surface area contributed by atoms with E-state index in [1.165, 1.54) is 6.92 Å². The highest BCUT2D eigenvalue weighted by molar-refractivity contribution is 9.10. The third-order valence-electron chi connectivity index (χ3n) is 2.70. The average molecular weight is 301 g/mol. The van der Waals surface area contributed by atoms with Crippen molar-refractivity contribution in [3.05, 3.63) is 22.7 Å². The number of halogens is 2. The van der Waals surface area contributed by atoms with Gasteiger partial charge in [0.05, 0.1) is 24.1 Å². The summed E-state index contributed by atoms with van der Waals surface area (Å²) in [5.74, 6) is -0.0536. The van der Waals surface area contributed by atoms with Crippen molar-refractivity contribution in [3.8, 4) is 0 Å². The Morgan fingerprint density at radius 2 is 2.35 bits per heavy atom. The Kier molecular flexibility index (Phi) is 3.66. The second-order valence-corrected chi connectivity index (χ2v) is 5.12. The third kappa shape index (κ3) is 2.97. The molecule has 0 spiro atoms. The number of nitrogens with one attached hydrogen (secondary N) is 1. The number of amides is 1. The Bertz CT molecular complexity index is 437. The standard InChI is InChI=1S/C12H14BrFN2O/c1-8(14)4-5-16-7-12(17)15-10-6-9(13)2-3-11(10)16/h2-3,6,8H,4-5,7H2,1H3,(H,15,17). The summed E-state index contributed by atoms with van der Waals surface area (Å²) in [4.78, 5) is 13.4. The molecular weight excluding hydrogens is 287 g/mol. The van der Waals surface area contributed by atoms with E-state index in [1.54, 1.807) is 0 Å². The van der Waals surface area contributed by atoms with Crippen LogP contribution in [-0.2, 0) is 4.79 Å². The quantitative estimate of drug-likeness (QED) is 0.931. The van der Waals surface area contributed by atoms with Crippen LogP contribution in [0.2, 0.25) is 0 Å². The van der Waals surface area contributed by atoms with Gasteiger partial charge in [0.25, 0.3) is 0 Å². The second kappa shape index (κ2) is 5.04. The highest BCUT2D eigenvalue weighted by Gasteiger charge is 2.22. The van der Waals surface area contributed by atoms with Crippen LogP contribution in [0.4, 0.5) is 15.8 Å². The summed E-state index contributed by atoms with van der Waals surface area (Å²) in [6, 6.07) is 5.71. The van der Waals surface area contributed by atoms with Gasteiger partial charge < -0.3 is 10.2 Å². The lowest BCUT2D eigenvalue weighted by Crippen LogP contribution is -2.39. The fourth-order valence-electron chi connectivity index (χ4n) is 1.87. The molecule has 5 heteroatoms. The number of benzene rings is 1. The lowest BCUT2D eigenvalue weighted by molar-refractivity contribution is -0.115. The zero-order chi connectivity index (χ0) is 12.4. The number of hydrogen-bond donors (Lipinski definition) is 1. The highest BCUT2D eigenvalue weighted by Crippen LogP contribution is 2.32. The minimum atomic E-state index is -0.848. The Balaban J connectivity index is 2.22. The van der Waals surface area contributed by atoms with E-state index in [0.717, 1.165) is 15.8 Å². The van der Waals surface area contributed by atoms with Crippen molar-refractivity contribution in [2.45, 2.75) is 19.5 Å². The molecule has 1 aromatic carbocycles. The van der Waals surface area contributed by atoms with Crippen molar-refractivity contribution in [3.63, 3.8) is 0 Å². The van der Waals surface area contributed by atoms with Crippen molar-refractivity contribution in [2.24, 2.45) is 0 Å². The van der Waals surface area contributed by atoms with E-state index in [4.69, 9.17) is 0 Å². The fraction of sp³-hybridized carbons (Fsp3) is 0.417. The number of carbonyl (C=O) groups excluding carboxylic acids is 1. The normalized spacial score (nSPS) is 16.4. The molecule has 1 N–H and O–H groups in total. The third-order valence-corrected chi connectivity index (χ3v) is 3.20. The van der Waals surface area contributed by atoms with Crippen LogP contribution in [0.1, 0.15) is 13.3 Å². The lowest BCUT2D eigenvalue weighted by Gasteiger charge is -2.31. The SMILES string of the molecule is CC(F)CCN1CC(=O)Nc2cc(Br)ccc21. The minimum absolute atomic E-state index is 0.0536. The van der Waals surface area contributed by atoms with E-state index < -0.39 is 6.17 Å². The van der Waals surface area contributed by atoms with E-state index in [-0.39, 0.29) is 5.91 Å². The molecule has 3 nitrogen and oxygen atoms in total.